The summed E-state index contributed by atoms with van der Waals surface area (Å²) >= 11 is 0. The van der Waals surface area contributed by atoms with Crippen LogP contribution in [0.25, 0.3) is 0 Å². The number of nitrogens with one attached hydrogen (secondary N) is 2. The van der Waals surface area contributed by atoms with Gasteiger partial charge in [-0.25, -0.2) is 0 Å². The zero-order valence-corrected chi connectivity index (χ0v) is 17.8. The molecule has 1 saturated heterocycles. The van der Waals surface area contributed by atoms with Crippen LogP contribution in [0.4, 0.5) is 0 Å². The van der Waals surface area contributed by atoms with E-state index in [1.165, 1.54) is 31.5 Å². The number of likely N-dealkylation sites (tertiary alicyclic amines) is 1. The van der Waals surface area contributed by atoms with Gasteiger partial charge < -0.3 is 10.6 Å². The number of benzene rings is 1. The van der Waals surface area contributed by atoms with Gasteiger partial charge in [0.05, 0.1) is 6.04 Å². The van der Waals surface area contributed by atoms with Crippen LogP contribution in [-0.4, -0.2) is 43.6 Å². The Balaban J connectivity index is 0.00000288. The molecule has 1 fully saturated rings. The van der Waals surface area contributed by atoms with Crippen molar-refractivity contribution < 1.29 is 0 Å². The fourth-order valence-corrected chi connectivity index (χ4v) is 3.27. The van der Waals surface area contributed by atoms with Gasteiger partial charge in [0.2, 0.25) is 0 Å². The minimum Gasteiger partial charge on any atom is -0.355 e. The maximum absolute atomic E-state index is 4.38. The minimum absolute atomic E-state index is 0. The summed E-state index contributed by atoms with van der Waals surface area (Å²) in [4.78, 5) is 6.99. The van der Waals surface area contributed by atoms with E-state index >= 15 is 0 Å². The van der Waals surface area contributed by atoms with E-state index in [4.69, 9.17) is 0 Å². The molecular formula is C19H33IN4. The van der Waals surface area contributed by atoms with Gasteiger partial charge in [0.1, 0.15) is 0 Å². The fourth-order valence-electron chi connectivity index (χ4n) is 3.27. The molecule has 1 aliphatic rings. The van der Waals surface area contributed by atoms with Crippen LogP contribution in [0, 0.1) is 5.92 Å². The summed E-state index contributed by atoms with van der Waals surface area (Å²) < 4.78 is 0. The lowest BCUT2D eigenvalue weighted by atomic mass is 10.1. The Hall–Kier alpha value is -0.820. The first-order valence-electron chi connectivity index (χ1n) is 8.86. The smallest absolute Gasteiger partial charge is 0.191 e. The van der Waals surface area contributed by atoms with Crippen molar-refractivity contribution >= 4 is 29.9 Å². The first kappa shape index (κ1) is 21.2. The topological polar surface area (TPSA) is 39.7 Å². The van der Waals surface area contributed by atoms with Crippen molar-refractivity contribution in [3.05, 3.63) is 35.9 Å². The highest BCUT2D eigenvalue weighted by atomic mass is 127. The molecule has 2 atom stereocenters. The molecule has 0 spiro atoms. The second-order valence-corrected chi connectivity index (χ2v) is 6.91. The summed E-state index contributed by atoms with van der Waals surface area (Å²) in [6, 6.07) is 11.4. The van der Waals surface area contributed by atoms with Gasteiger partial charge in [-0.05, 0) is 37.8 Å². The molecule has 1 aliphatic heterocycles. The Labute approximate surface area is 164 Å². The van der Waals surface area contributed by atoms with Crippen molar-refractivity contribution in [1.82, 2.24) is 15.5 Å². The summed E-state index contributed by atoms with van der Waals surface area (Å²) in [6.45, 7) is 10.2. The summed E-state index contributed by atoms with van der Waals surface area (Å²) in [5, 5.41) is 7.00. The number of hydrogen-bond acceptors (Lipinski definition) is 2. The Morgan fingerprint density at radius 2 is 1.96 bits per heavy atom. The highest BCUT2D eigenvalue weighted by Crippen LogP contribution is 2.18. The third-order valence-electron chi connectivity index (χ3n) is 4.48. The van der Waals surface area contributed by atoms with Crippen molar-refractivity contribution in [2.75, 3.05) is 26.7 Å². The van der Waals surface area contributed by atoms with Crippen molar-refractivity contribution in [2.45, 2.75) is 45.7 Å². The third kappa shape index (κ3) is 6.59. The Kier molecular flexibility index (Phi) is 9.66. The summed E-state index contributed by atoms with van der Waals surface area (Å²) in [5.41, 5.74) is 1.28. The Morgan fingerprint density at radius 3 is 2.58 bits per heavy atom. The Morgan fingerprint density at radius 1 is 1.25 bits per heavy atom. The van der Waals surface area contributed by atoms with Gasteiger partial charge in [0.15, 0.2) is 5.96 Å². The normalized spacial score (nSPS) is 19.9. The third-order valence-corrected chi connectivity index (χ3v) is 4.48. The summed E-state index contributed by atoms with van der Waals surface area (Å²) in [6.07, 6.45) is 2.59. The zero-order chi connectivity index (χ0) is 16.7. The molecule has 5 heteroatoms. The molecule has 0 bridgehead atoms. The maximum Gasteiger partial charge on any atom is 0.191 e. The predicted molar refractivity (Wildman–Crippen MR) is 114 cm³/mol. The van der Waals surface area contributed by atoms with Crippen LogP contribution in [-0.2, 0) is 0 Å². The molecule has 1 unspecified atom stereocenters. The van der Waals surface area contributed by atoms with Gasteiger partial charge in [0.25, 0.3) is 0 Å². The standard InChI is InChI=1S/C19H32N4.HI/c1-15(2)14-23-12-8-11-18(23)13-21-19(20-4)22-16(3)17-9-6-5-7-10-17;/h5-7,9-10,15-16,18H,8,11-14H2,1-4H3,(H2,20,21,22);1H/t16?,18-;/m1./s1. The lowest BCUT2D eigenvalue weighted by Crippen LogP contribution is -2.46. The van der Waals surface area contributed by atoms with Gasteiger partial charge in [-0.15, -0.1) is 24.0 Å². The van der Waals surface area contributed by atoms with Crippen molar-refractivity contribution in [1.29, 1.82) is 0 Å². The monoisotopic (exact) mass is 444 g/mol. The molecule has 0 saturated carbocycles. The van der Waals surface area contributed by atoms with E-state index in [1.807, 2.05) is 13.1 Å². The maximum atomic E-state index is 4.38. The second-order valence-electron chi connectivity index (χ2n) is 6.91. The molecule has 136 valence electrons. The number of nitrogens with zero attached hydrogens (tertiary/aromatic N) is 2. The number of hydrogen-bond donors (Lipinski definition) is 2. The molecule has 0 amide bonds. The molecule has 2 N–H and O–H groups in total. The second kappa shape index (κ2) is 10.9. The van der Waals surface area contributed by atoms with E-state index in [2.05, 4.69) is 65.6 Å². The highest BCUT2D eigenvalue weighted by molar-refractivity contribution is 14.0. The SMILES string of the molecule is CN=C(NC[C@H]1CCCN1CC(C)C)NC(C)c1ccccc1.I. The van der Waals surface area contributed by atoms with Crippen LogP contribution < -0.4 is 10.6 Å². The first-order chi connectivity index (χ1) is 11.1. The van der Waals surface area contributed by atoms with Gasteiger partial charge in [-0.2, -0.15) is 0 Å². The van der Waals surface area contributed by atoms with E-state index < -0.39 is 0 Å². The molecule has 1 aromatic carbocycles. The van der Waals surface area contributed by atoms with Crippen molar-refractivity contribution in [3.8, 4) is 0 Å². The first-order valence-corrected chi connectivity index (χ1v) is 8.86. The average Bonchev–Trinajstić information content (AvgIpc) is 2.98. The van der Waals surface area contributed by atoms with E-state index in [-0.39, 0.29) is 30.0 Å². The van der Waals surface area contributed by atoms with Gasteiger partial charge >= 0.3 is 0 Å². The molecular weight excluding hydrogens is 411 g/mol. The Bertz CT molecular complexity index is 489. The number of guanidine groups is 1. The van der Waals surface area contributed by atoms with Crippen LogP contribution in [0.5, 0.6) is 0 Å². The van der Waals surface area contributed by atoms with E-state index in [9.17, 15) is 0 Å². The van der Waals surface area contributed by atoms with Crippen LogP contribution in [0.1, 0.15) is 45.2 Å². The lowest BCUT2D eigenvalue weighted by molar-refractivity contribution is 0.226. The molecule has 0 aromatic heterocycles. The fraction of sp³-hybridized carbons (Fsp3) is 0.632. The van der Waals surface area contributed by atoms with Crippen LogP contribution >= 0.6 is 24.0 Å². The van der Waals surface area contributed by atoms with E-state index in [1.54, 1.807) is 0 Å². The minimum atomic E-state index is 0. The molecule has 1 aromatic rings. The number of aliphatic imine (C=N–C) groups is 1. The molecule has 24 heavy (non-hydrogen) atoms. The molecule has 1 heterocycles. The molecule has 4 nitrogen and oxygen atoms in total. The van der Waals surface area contributed by atoms with Crippen LogP contribution in [0.2, 0.25) is 0 Å². The van der Waals surface area contributed by atoms with Gasteiger partial charge in [0, 0.05) is 26.2 Å². The largest absolute Gasteiger partial charge is 0.355 e. The highest BCUT2D eigenvalue weighted by Gasteiger charge is 2.24. The number of halogens is 1. The van der Waals surface area contributed by atoms with Crippen LogP contribution in [0.3, 0.4) is 0 Å². The van der Waals surface area contributed by atoms with Gasteiger partial charge in [-0.3, -0.25) is 9.89 Å². The number of rotatable bonds is 6. The zero-order valence-electron chi connectivity index (χ0n) is 15.5. The molecule has 2 rings (SSSR count). The predicted octanol–water partition coefficient (Wildman–Crippen LogP) is 3.65. The molecule has 0 radical (unpaired) electrons. The van der Waals surface area contributed by atoms with Crippen molar-refractivity contribution in [3.63, 3.8) is 0 Å². The summed E-state index contributed by atoms with van der Waals surface area (Å²) in [7, 11) is 1.84. The lowest BCUT2D eigenvalue weighted by Gasteiger charge is -2.27. The van der Waals surface area contributed by atoms with E-state index in [0.29, 0.717) is 6.04 Å². The average molecular weight is 444 g/mol. The van der Waals surface area contributed by atoms with Crippen LogP contribution in [0.15, 0.2) is 35.3 Å². The van der Waals surface area contributed by atoms with E-state index in [0.717, 1.165) is 18.4 Å². The molecule has 0 aliphatic carbocycles. The quantitative estimate of drug-likeness (QED) is 0.400. The van der Waals surface area contributed by atoms with Gasteiger partial charge in [-0.1, -0.05) is 44.2 Å². The summed E-state index contributed by atoms with van der Waals surface area (Å²) in [5.74, 6) is 1.61. The van der Waals surface area contributed by atoms with Crippen molar-refractivity contribution in [2.24, 2.45) is 10.9 Å².